The molecule has 1 aromatic rings. The van der Waals surface area contributed by atoms with E-state index in [1.165, 1.54) is 11.2 Å². The third-order valence-electron chi connectivity index (χ3n) is 2.44. The summed E-state index contributed by atoms with van der Waals surface area (Å²) in [7, 11) is -0.988. The van der Waals surface area contributed by atoms with E-state index in [1.807, 2.05) is 25.2 Å². The van der Waals surface area contributed by atoms with Gasteiger partial charge in [0.2, 0.25) is 0 Å². The molecule has 0 aliphatic carbocycles. The predicted octanol–water partition coefficient (Wildman–Crippen LogP) is 1.80. The number of thioether (sulfide) groups is 1. The number of benzene rings is 1. The van der Waals surface area contributed by atoms with Crippen LogP contribution in [0.25, 0.3) is 0 Å². The molecule has 0 fully saturated rings. The fourth-order valence-corrected chi connectivity index (χ4v) is 3.17. The number of hydrogen-bond acceptors (Lipinski definition) is 4. The molecule has 1 rings (SSSR count). The lowest BCUT2D eigenvalue weighted by Crippen LogP contribution is -2.30. The van der Waals surface area contributed by atoms with Crippen molar-refractivity contribution in [2.75, 3.05) is 24.8 Å². The van der Waals surface area contributed by atoms with Gasteiger partial charge < -0.3 is 5.32 Å². The first-order valence-electron chi connectivity index (χ1n) is 5.54. The molecule has 1 atom stereocenters. The molecule has 0 aliphatic heterocycles. The monoisotopic (exact) mass is 273 g/mol. The van der Waals surface area contributed by atoms with Crippen LogP contribution >= 0.6 is 11.8 Å². The highest BCUT2D eigenvalue weighted by Crippen LogP contribution is 2.18. The fraction of sp³-hybridized carbons (Fsp3) is 0.500. The molecular formula is C12H19NO2S2. The molecule has 96 valence electrons. The summed E-state index contributed by atoms with van der Waals surface area (Å²) in [5.41, 5.74) is 0. The van der Waals surface area contributed by atoms with Gasteiger partial charge in [0.25, 0.3) is 0 Å². The average molecular weight is 273 g/mol. The van der Waals surface area contributed by atoms with Crippen molar-refractivity contribution in [1.29, 1.82) is 0 Å². The Bertz CT molecular complexity index is 417. The second kappa shape index (κ2) is 7.03. The normalized spacial score (nSPS) is 13.5. The highest BCUT2D eigenvalue weighted by molar-refractivity contribution is 7.99. The van der Waals surface area contributed by atoms with Gasteiger partial charge in [-0.25, -0.2) is 8.42 Å². The van der Waals surface area contributed by atoms with E-state index in [1.54, 1.807) is 11.8 Å². The van der Waals surface area contributed by atoms with Gasteiger partial charge in [0.05, 0.1) is 5.75 Å². The second-order valence-corrected chi connectivity index (χ2v) is 7.38. The van der Waals surface area contributed by atoms with Crippen molar-refractivity contribution in [1.82, 2.24) is 5.32 Å². The van der Waals surface area contributed by atoms with Gasteiger partial charge in [-0.15, -0.1) is 11.8 Å². The van der Waals surface area contributed by atoms with Crippen LogP contribution in [0.4, 0.5) is 0 Å². The molecule has 0 bridgehead atoms. The van der Waals surface area contributed by atoms with Crippen molar-refractivity contribution < 1.29 is 8.42 Å². The average Bonchev–Trinajstić information content (AvgIpc) is 2.29. The minimum atomic E-state index is -2.86. The maximum Gasteiger partial charge on any atom is 0.147 e. The predicted molar refractivity (Wildman–Crippen MR) is 74.3 cm³/mol. The van der Waals surface area contributed by atoms with Crippen molar-refractivity contribution in [2.24, 2.45) is 0 Å². The molecule has 3 nitrogen and oxygen atoms in total. The van der Waals surface area contributed by atoms with E-state index in [9.17, 15) is 8.42 Å². The van der Waals surface area contributed by atoms with Crippen LogP contribution in [0.15, 0.2) is 35.2 Å². The van der Waals surface area contributed by atoms with Crippen LogP contribution in [-0.4, -0.2) is 39.3 Å². The van der Waals surface area contributed by atoms with Gasteiger partial charge in [-0.1, -0.05) is 18.2 Å². The minimum Gasteiger partial charge on any atom is -0.316 e. The summed E-state index contributed by atoms with van der Waals surface area (Å²) in [4.78, 5) is 1.21. The van der Waals surface area contributed by atoms with Gasteiger partial charge in [-0.2, -0.15) is 0 Å². The van der Waals surface area contributed by atoms with Crippen molar-refractivity contribution in [3.63, 3.8) is 0 Å². The van der Waals surface area contributed by atoms with Crippen molar-refractivity contribution in [2.45, 2.75) is 17.4 Å². The molecule has 0 radical (unpaired) electrons. The Morgan fingerprint density at radius 3 is 2.47 bits per heavy atom. The summed E-state index contributed by atoms with van der Waals surface area (Å²) >= 11 is 1.75. The van der Waals surface area contributed by atoms with Crippen LogP contribution in [-0.2, 0) is 9.84 Å². The standard InChI is InChI=1S/C12H19NO2S2/c1-13-11(8-9-17(2,14)15)10-16-12-6-4-3-5-7-12/h3-7,11,13H,8-10H2,1-2H3. The fourth-order valence-electron chi connectivity index (χ4n) is 1.38. The summed E-state index contributed by atoms with van der Waals surface area (Å²) in [5, 5.41) is 3.16. The quantitative estimate of drug-likeness (QED) is 0.770. The molecule has 0 spiro atoms. The van der Waals surface area contributed by atoms with E-state index in [-0.39, 0.29) is 11.8 Å². The SMILES string of the molecule is CNC(CCS(C)(=O)=O)CSc1ccccc1. The highest BCUT2D eigenvalue weighted by Gasteiger charge is 2.10. The molecule has 1 aromatic carbocycles. The number of hydrogen-bond donors (Lipinski definition) is 1. The lowest BCUT2D eigenvalue weighted by Gasteiger charge is -2.15. The second-order valence-electron chi connectivity index (χ2n) is 4.03. The topological polar surface area (TPSA) is 46.2 Å². The van der Waals surface area contributed by atoms with Crippen LogP contribution in [0.3, 0.4) is 0 Å². The van der Waals surface area contributed by atoms with Crippen LogP contribution < -0.4 is 5.32 Å². The Hall–Kier alpha value is -0.520. The first kappa shape index (κ1) is 14.5. The molecule has 5 heteroatoms. The van der Waals surface area contributed by atoms with E-state index in [4.69, 9.17) is 0 Å². The molecule has 0 amide bonds. The van der Waals surface area contributed by atoms with E-state index in [2.05, 4.69) is 17.4 Å². The number of rotatable bonds is 7. The lowest BCUT2D eigenvalue weighted by atomic mass is 10.3. The number of nitrogens with one attached hydrogen (secondary N) is 1. The molecule has 0 aliphatic rings. The minimum absolute atomic E-state index is 0.231. The zero-order valence-electron chi connectivity index (χ0n) is 10.2. The summed E-state index contributed by atoms with van der Waals surface area (Å²) in [6.07, 6.45) is 1.94. The zero-order chi connectivity index (χ0) is 12.7. The van der Waals surface area contributed by atoms with Crippen LogP contribution in [0.1, 0.15) is 6.42 Å². The highest BCUT2D eigenvalue weighted by atomic mass is 32.2. The summed E-state index contributed by atoms with van der Waals surface area (Å²) in [6.45, 7) is 0. The van der Waals surface area contributed by atoms with Gasteiger partial charge in [0.15, 0.2) is 0 Å². The maximum atomic E-state index is 11.1. The van der Waals surface area contributed by atoms with Crippen molar-refractivity contribution in [3.05, 3.63) is 30.3 Å². The van der Waals surface area contributed by atoms with Gasteiger partial charge in [-0.05, 0) is 25.6 Å². The Morgan fingerprint density at radius 2 is 1.94 bits per heavy atom. The van der Waals surface area contributed by atoms with Crippen molar-refractivity contribution >= 4 is 21.6 Å². The van der Waals surface area contributed by atoms with E-state index in [0.717, 1.165) is 5.75 Å². The van der Waals surface area contributed by atoms with Gasteiger partial charge in [-0.3, -0.25) is 0 Å². The lowest BCUT2D eigenvalue weighted by molar-refractivity contribution is 0.573. The Balaban J connectivity index is 2.38. The molecule has 0 aromatic heterocycles. The Labute approximate surface area is 108 Å². The molecular weight excluding hydrogens is 254 g/mol. The zero-order valence-corrected chi connectivity index (χ0v) is 11.9. The van der Waals surface area contributed by atoms with Gasteiger partial charge in [0, 0.05) is 22.9 Å². The molecule has 1 N–H and O–H groups in total. The first-order chi connectivity index (χ1) is 8.01. The summed E-state index contributed by atoms with van der Waals surface area (Å²) in [6, 6.07) is 10.4. The third kappa shape index (κ3) is 6.71. The third-order valence-corrected chi connectivity index (χ3v) is 4.59. The van der Waals surface area contributed by atoms with E-state index >= 15 is 0 Å². The van der Waals surface area contributed by atoms with Gasteiger partial charge in [0.1, 0.15) is 9.84 Å². The van der Waals surface area contributed by atoms with Crippen LogP contribution in [0, 0.1) is 0 Å². The maximum absolute atomic E-state index is 11.1. The Morgan fingerprint density at radius 1 is 1.29 bits per heavy atom. The van der Waals surface area contributed by atoms with E-state index in [0.29, 0.717) is 6.42 Å². The number of sulfone groups is 1. The van der Waals surface area contributed by atoms with Crippen LogP contribution in [0.2, 0.25) is 0 Å². The van der Waals surface area contributed by atoms with Crippen molar-refractivity contribution in [3.8, 4) is 0 Å². The molecule has 0 saturated carbocycles. The summed E-state index contributed by atoms with van der Waals surface area (Å²) in [5.74, 6) is 1.13. The smallest absolute Gasteiger partial charge is 0.147 e. The summed E-state index contributed by atoms with van der Waals surface area (Å²) < 4.78 is 22.2. The first-order valence-corrected chi connectivity index (χ1v) is 8.59. The largest absolute Gasteiger partial charge is 0.316 e. The van der Waals surface area contributed by atoms with Gasteiger partial charge >= 0.3 is 0 Å². The molecule has 0 heterocycles. The molecule has 17 heavy (non-hydrogen) atoms. The van der Waals surface area contributed by atoms with E-state index < -0.39 is 9.84 Å². The molecule has 0 saturated heterocycles. The van der Waals surface area contributed by atoms with Crippen LogP contribution in [0.5, 0.6) is 0 Å². The Kier molecular flexibility index (Phi) is 6.02. The molecule has 1 unspecified atom stereocenters.